The minimum Gasteiger partial charge on any atom is -0.323 e. The van der Waals surface area contributed by atoms with E-state index in [4.69, 9.17) is 5.73 Å². The average molecular weight is 241 g/mol. The van der Waals surface area contributed by atoms with Crippen LogP contribution in [0.1, 0.15) is 6.92 Å². The van der Waals surface area contributed by atoms with Crippen molar-refractivity contribution in [3.05, 3.63) is 48.7 Å². The number of carbonyl (C=O) groups is 1. The van der Waals surface area contributed by atoms with Gasteiger partial charge in [0, 0.05) is 5.56 Å². The average Bonchev–Trinajstić information content (AvgIpc) is 2.40. The maximum absolute atomic E-state index is 11.4. The molecule has 18 heavy (non-hydrogen) atoms. The summed E-state index contributed by atoms with van der Waals surface area (Å²) in [7, 11) is 0. The van der Waals surface area contributed by atoms with Gasteiger partial charge in [0.15, 0.2) is 0 Å². The standard InChI is InChI=1S/C14H15N3O/c1-10(15)14(18)17-12-7-8-13(16-9-12)11-5-3-2-4-6-11/h2-10H,15H2,1H3,(H,17,18)/t10-/m0/s1. The molecule has 3 N–H and O–H groups in total. The van der Waals surface area contributed by atoms with Crippen molar-refractivity contribution in [1.29, 1.82) is 0 Å². The lowest BCUT2D eigenvalue weighted by Gasteiger charge is -2.08. The minimum absolute atomic E-state index is 0.218. The minimum atomic E-state index is -0.529. The second-order valence-electron chi connectivity index (χ2n) is 4.08. The van der Waals surface area contributed by atoms with Gasteiger partial charge in [0.25, 0.3) is 0 Å². The van der Waals surface area contributed by atoms with Crippen molar-refractivity contribution < 1.29 is 4.79 Å². The molecule has 4 heteroatoms. The maximum atomic E-state index is 11.4. The van der Waals surface area contributed by atoms with Crippen molar-refractivity contribution in [2.75, 3.05) is 5.32 Å². The lowest BCUT2D eigenvalue weighted by atomic mass is 10.1. The Kier molecular flexibility index (Phi) is 3.69. The molecule has 0 radical (unpaired) electrons. The van der Waals surface area contributed by atoms with Crippen molar-refractivity contribution >= 4 is 11.6 Å². The smallest absolute Gasteiger partial charge is 0.241 e. The monoisotopic (exact) mass is 241 g/mol. The zero-order valence-corrected chi connectivity index (χ0v) is 10.1. The fourth-order valence-corrected chi connectivity index (χ4v) is 1.50. The summed E-state index contributed by atoms with van der Waals surface area (Å²) in [6.07, 6.45) is 1.63. The van der Waals surface area contributed by atoms with Crippen molar-refractivity contribution in [3.8, 4) is 11.3 Å². The lowest BCUT2D eigenvalue weighted by molar-refractivity contribution is -0.117. The predicted molar refractivity (Wildman–Crippen MR) is 72.0 cm³/mol. The molecule has 1 heterocycles. The van der Waals surface area contributed by atoms with Crippen LogP contribution in [0.3, 0.4) is 0 Å². The van der Waals surface area contributed by atoms with E-state index < -0.39 is 6.04 Å². The van der Waals surface area contributed by atoms with Crippen LogP contribution in [-0.2, 0) is 4.79 Å². The summed E-state index contributed by atoms with van der Waals surface area (Å²) < 4.78 is 0. The Labute approximate surface area is 106 Å². The van der Waals surface area contributed by atoms with Gasteiger partial charge in [-0.05, 0) is 19.1 Å². The lowest BCUT2D eigenvalue weighted by Crippen LogP contribution is -2.32. The van der Waals surface area contributed by atoms with E-state index in [-0.39, 0.29) is 5.91 Å². The zero-order chi connectivity index (χ0) is 13.0. The zero-order valence-electron chi connectivity index (χ0n) is 10.1. The van der Waals surface area contributed by atoms with Crippen LogP contribution < -0.4 is 11.1 Å². The van der Waals surface area contributed by atoms with Crippen LogP contribution in [0.15, 0.2) is 48.7 Å². The van der Waals surface area contributed by atoms with Gasteiger partial charge in [0.05, 0.1) is 23.6 Å². The molecule has 1 atom stereocenters. The van der Waals surface area contributed by atoms with Crippen molar-refractivity contribution in [2.45, 2.75) is 13.0 Å². The maximum Gasteiger partial charge on any atom is 0.241 e. The Morgan fingerprint density at radius 2 is 1.94 bits per heavy atom. The highest BCUT2D eigenvalue weighted by Crippen LogP contribution is 2.17. The topological polar surface area (TPSA) is 68.0 Å². The molecule has 1 aromatic heterocycles. The molecule has 0 bridgehead atoms. The molecule has 92 valence electrons. The molecule has 0 fully saturated rings. The summed E-state index contributed by atoms with van der Waals surface area (Å²) in [5.41, 5.74) is 8.04. The summed E-state index contributed by atoms with van der Waals surface area (Å²) >= 11 is 0. The fraction of sp³-hybridized carbons (Fsp3) is 0.143. The fourth-order valence-electron chi connectivity index (χ4n) is 1.50. The Hall–Kier alpha value is -2.20. The third-order valence-electron chi connectivity index (χ3n) is 2.51. The number of amides is 1. The van der Waals surface area contributed by atoms with Crippen LogP contribution in [0.2, 0.25) is 0 Å². The Morgan fingerprint density at radius 1 is 1.22 bits per heavy atom. The summed E-state index contributed by atoms with van der Waals surface area (Å²) in [4.78, 5) is 15.7. The number of hydrogen-bond acceptors (Lipinski definition) is 3. The predicted octanol–water partition coefficient (Wildman–Crippen LogP) is 2.03. The van der Waals surface area contributed by atoms with Gasteiger partial charge in [-0.25, -0.2) is 0 Å². The number of rotatable bonds is 3. The molecule has 0 aliphatic rings. The van der Waals surface area contributed by atoms with Gasteiger partial charge in [0.1, 0.15) is 0 Å². The molecule has 2 aromatic rings. The summed E-state index contributed by atoms with van der Waals surface area (Å²) in [5, 5.41) is 2.69. The highest BCUT2D eigenvalue weighted by Gasteiger charge is 2.07. The number of pyridine rings is 1. The number of nitrogens with zero attached hydrogens (tertiary/aromatic N) is 1. The van der Waals surface area contributed by atoms with E-state index in [1.165, 1.54) is 0 Å². The summed E-state index contributed by atoms with van der Waals surface area (Å²) in [6, 6.07) is 13.0. The van der Waals surface area contributed by atoms with E-state index in [0.29, 0.717) is 5.69 Å². The number of aromatic nitrogens is 1. The second kappa shape index (κ2) is 5.42. The number of carbonyl (C=O) groups excluding carboxylic acids is 1. The van der Waals surface area contributed by atoms with Gasteiger partial charge in [-0.1, -0.05) is 30.3 Å². The van der Waals surface area contributed by atoms with Gasteiger partial charge < -0.3 is 11.1 Å². The van der Waals surface area contributed by atoms with Crippen molar-refractivity contribution in [1.82, 2.24) is 4.98 Å². The molecule has 0 aliphatic carbocycles. The van der Waals surface area contributed by atoms with Gasteiger partial charge in [0.2, 0.25) is 5.91 Å². The second-order valence-corrected chi connectivity index (χ2v) is 4.08. The van der Waals surface area contributed by atoms with Crippen LogP contribution in [-0.4, -0.2) is 16.9 Å². The first-order chi connectivity index (χ1) is 8.66. The largest absolute Gasteiger partial charge is 0.323 e. The van der Waals surface area contributed by atoms with Gasteiger partial charge in [-0.3, -0.25) is 9.78 Å². The number of nitrogens with one attached hydrogen (secondary N) is 1. The summed E-state index contributed by atoms with van der Waals surface area (Å²) in [6.45, 7) is 1.64. The van der Waals surface area contributed by atoms with Crippen molar-refractivity contribution in [2.24, 2.45) is 5.73 Å². The molecular formula is C14H15N3O. The first-order valence-electron chi connectivity index (χ1n) is 5.75. The van der Waals surface area contributed by atoms with Gasteiger partial charge in [-0.15, -0.1) is 0 Å². The molecule has 4 nitrogen and oxygen atoms in total. The molecule has 0 saturated carbocycles. The Balaban J connectivity index is 2.13. The normalized spacial score (nSPS) is 11.9. The molecular weight excluding hydrogens is 226 g/mol. The third kappa shape index (κ3) is 2.93. The SMILES string of the molecule is C[C@H](N)C(=O)Nc1ccc(-c2ccccc2)nc1. The van der Waals surface area contributed by atoms with Crippen molar-refractivity contribution in [3.63, 3.8) is 0 Å². The van der Waals surface area contributed by atoms with E-state index in [9.17, 15) is 4.79 Å². The number of benzene rings is 1. The quantitative estimate of drug-likeness (QED) is 0.864. The van der Waals surface area contributed by atoms with E-state index in [1.807, 2.05) is 42.5 Å². The van der Waals surface area contributed by atoms with Crippen LogP contribution >= 0.6 is 0 Å². The van der Waals surface area contributed by atoms with Crippen LogP contribution in [0, 0.1) is 0 Å². The van der Waals surface area contributed by atoms with Gasteiger partial charge in [-0.2, -0.15) is 0 Å². The highest BCUT2D eigenvalue weighted by atomic mass is 16.2. The number of anilines is 1. The third-order valence-corrected chi connectivity index (χ3v) is 2.51. The number of nitrogens with two attached hydrogens (primary N) is 1. The molecule has 0 aliphatic heterocycles. The molecule has 0 unspecified atom stereocenters. The molecule has 1 amide bonds. The van der Waals surface area contributed by atoms with Crippen LogP contribution in [0.5, 0.6) is 0 Å². The molecule has 0 saturated heterocycles. The molecule has 2 rings (SSSR count). The highest BCUT2D eigenvalue weighted by molar-refractivity contribution is 5.94. The Morgan fingerprint density at radius 3 is 2.50 bits per heavy atom. The first kappa shape index (κ1) is 12.3. The van der Waals surface area contributed by atoms with Crippen LogP contribution in [0.25, 0.3) is 11.3 Å². The molecule has 1 aromatic carbocycles. The van der Waals surface area contributed by atoms with E-state index in [1.54, 1.807) is 13.1 Å². The van der Waals surface area contributed by atoms with E-state index in [2.05, 4.69) is 10.3 Å². The van der Waals surface area contributed by atoms with E-state index in [0.717, 1.165) is 11.3 Å². The summed E-state index contributed by atoms with van der Waals surface area (Å²) in [5.74, 6) is -0.218. The van der Waals surface area contributed by atoms with E-state index >= 15 is 0 Å². The number of hydrogen-bond donors (Lipinski definition) is 2. The Bertz CT molecular complexity index is 520. The van der Waals surface area contributed by atoms with Gasteiger partial charge >= 0.3 is 0 Å². The first-order valence-corrected chi connectivity index (χ1v) is 5.75. The van der Waals surface area contributed by atoms with Crippen LogP contribution in [0.4, 0.5) is 5.69 Å². The molecule has 0 spiro atoms.